The predicted octanol–water partition coefficient (Wildman–Crippen LogP) is 1.79. The lowest BCUT2D eigenvalue weighted by Crippen LogP contribution is -2.28. The summed E-state index contributed by atoms with van der Waals surface area (Å²) in [5.41, 5.74) is 6.77. The summed E-state index contributed by atoms with van der Waals surface area (Å²) in [4.78, 5) is 26.8. The number of fused-ring (bicyclic) bond motifs is 1. The Bertz CT molecular complexity index is 900. The summed E-state index contributed by atoms with van der Waals surface area (Å²) in [7, 11) is 0. The van der Waals surface area contributed by atoms with E-state index in [1.807, 2.05) is 6.07 Å². The second-order valence-electron chi connectivity index (χ2n) is 6.88. The van der Waals surface area contributed by atoms with E-state index in [0.29, 0.717) is 61.5 Å². The molecular formula is C21H23N3O5. The number of ether oxygens (including phenoxy) is 3. The number of carbonyl (C=O) groups excluding carboxylic acids is 2. The lowest BCUT2D eigenvalue weighted by atomic mass is 10.1. The molecule has 2 aliphatic heterocycles. The average Bonchev–Trinajstić information content (AvgIpc) is 3.14. The molecule has 8 heteroatoms. The van der Waals surface area contributed by atoms with Gasteiger partial charge in [0.2, 0.25) is 11.8 Å². The van der Waals surface area contributed by atoms with Crippen LogP contribution in [0.3, 0.4) is 0 Å². The number of hydrogen-bond donors (Lipinski definition) is 2. The van der Waals surface area contributed by atoms with Gasteiger partial charge in [0.1, 0.15) is 25.6 Å². The first-order valence-electron chi connectivity index (χ1n) is 9.58. The van der Waals surface area contributed by atoms with Gasteiger partial charge >= 0.3 is 0 Å². The smallest absolute Gasteiger partial charge is 0.229 e. The van der Waals surface area contributed by atoms with Crippen LogP contribution in [0.25, 0.3) is 0 Å². The van der Waals surface area contributed by atoms with Crippen LogP contribution in [0.1, 0.15) is 6.42 Å². The minimum atomic E-state index is -0.427. The first-order valence-corrected chi connectivity index (χ1v) is 9.58. The van der Waals surface area contributed by atoms with Crippen LogP contribution < -0.4 is 30.2 Å². The molecule has 1 saturated heterocycles. The number of nitrogens with one attached hydrogen (secondary N) is 1. The van der Waals surface area contributed by atoms with E-state index in [1.54, 1.807) is 41.3 Å². The topological polar surface area (TPSA) is 103 Å². The summed E-state index contributed by atoms with van der Waals surface area (Å²) >= 11 is 0. The van der Waals surface area contributed by atoms with Crippen LogP contribution in [-0.2, 0) is 9.59 Å². The molecule has 1 atom stereocenters. The highest BCUT2D eigenvalue weighted by atomic mass is 16.6. The number of rotatable bonds is 6. The molecule has 2 aliphatic rings. The van der Waals surface area contributed by atoms with Gasteiger partial charge in [0.25, 0.3) is 0 Å². The molecule has 8 nitrogen and oxygen atoms in total. The molecule has 0 aromatic heterocycles. The molecule has 0 saturated carbocycles. The van der Waals surface area contributed by atoms with E-state index in [-0.39, 0.29) is 18.2 Å². The van der Waals surface area contributed by atoms with E-state index in [0.717, 1.165) is 0 Å². The SMILES string of the molecule is NCCOc1ccc(NC(=O)C2CC(=O)N(c3ccc4c(c3)OCCO4)C2)cc1. The van der Waals surface area contributed by atoms with E-state index in [4.69, 9.17) is 19.9 Å². The van der Waals surface area contributed by atoms with Crippen LogP contribution in [0.4, 0.5) is 11.4 Å². The van der Waals surface area contributed by atoms with Gasteiger partial charge in [-0.1, -0.05) is 0 Å². The van der Waals surface area contributed by atoms with Crippen LogP contribution in [0.2, 0.25) is 0 Å². The van der Waals surface area contributed by atoms with Gasteiger partial charge in [0, 0.05) is 37.0 Å². The Labute approximate surface area is 168 Å². The lowest BCUT2D eigenvalue weighted by molar-refractivity contribution is -0.122. The number of amides is 2. The zero-order chi connectivity index (χ0) is 20.2. The molecule has 4 rings (SSSR count). The Hall–Kier alpha value is -3.26. The maximum Gasteiger partial charge on any atom is 0.229 e. The van der Waals surface area contributed by atoms with Gasteiger partial charge in [-0.15, -0.1) is 0 Å². The van der Waals surface area contributed by atoms with Crippen LogP contribution >= 0.6 is 0 Å². The Kier molecular flexibility index (Phi) is 5.53. The van der Waals surface area contributed by atoms with Gasteiger partial charge in [-0.2, -0.15) is 0 Å². The second-order valence-corrected chi connectivity index (χ2v) is 6.88. The summed E-state index contributed by atoms with van der Waals surface area (Å²) in [5.74, 6) is 1.27. The molecule has 0 aliphatic carbocycles. The monoisotopic (exact) mass is 397 g/mol. The van der Waals surface area contributed by atoms with Crippen molar-refractivity contribution in [1.82, 2.24) is 0 Å². The zero-order valence-corrected chi connectivity index (χ0v) is 15.9. The number of hydrogen-bond acceptors (Lipinski definition) is 6. The number of anilines is 2. The van der Waals surface area contributed by atoms with E-state index in [1.165, 1.54) is 0 Å². The summed E-state index contributed by atoms with van der Waals surface area (Å²) in [6.07, 6.45) is 0.165. The minimum absolute atomic E-state index is 0.0904. The summed E-state index contributed by atoms with van der Waals surface area (Å²) in [6.45, 7) is 2.19. The molecule has 2 amide bonds. The Morgan fingerprint density at radius 1 is 1.14 bits per heavy atom. The van der Waals surface area contributed by atoms with Crippen LogP contribution in [0.15, 0.2) is 42.5 Å². The Balaban J connectivity index is 1.39. The molecule has 152 valence electrons. The van der Waals surface area contributed by atoms with E-state index in [2.05, 4.69) is 5.32 Å². The van der Waals surface area contributed by atoms with Gasteiger partial charge < -0.3 is 30.2 Å². The minimum Gasteiger partial charge on any atom is -0.492 e. The summed E-state index contributed by atoms with van der Waals surface area (Å²) < 4.78 is 16.5. The Morgan fingerprint density at radius 3 is 2.66 bits per heavy atom. The first-order chi connectivity index (χ1) is 14.1. The molecule has 2 heterocycles. The highest BCUT2D eigenvalue weighted by Gasteiger charge is 2.35. The van der Waals surface area contributed by atoms with Crippen molar-refractivity contribution < 1.29 is 23.8 Å². The number of benzene rings is 2. The van der Waals surface area contributed by atoms with Gasteiger partial charge in [0.05, 0.1) is 5.92 Å². The van der Waals surface area contributed by atoms with Crippen molar-refractivity contribution in [1.29, 1.82) is 0 Å². The normalized spacial score (nSPS) is 17.9. The van der Waals surface area contributed by atoms with Gasteiger partial charge in [0.15, 0.2) is 11.5 Å². The molecule has 0 bridgehead atoms. The van der Waals surface area contributed by atoms with Crippen LogP contribution in [0, 0.1) is 5.92 Å². The first kappa shape index (κ1) is 19.1. The summed E-state index contributed by atoms with van der Waals surface area (Å²) in [5, 5.41) is 2.87. The molecular weight excluding hydrogens is 374 g/mol. The number of nitrogens with zero attached hydrogens (tertiary/aromatic N) is 1. The standard InChI is InChI=1S/C21H23N3O5/c22-7-8-27-17-4-1-15(2-5-17)23-21(26)14-11-20(25)24(13-14)16-3-6-18-19(12-16)29-10-9-28-18/h1-6,12,14H,7-11,13,22H2,(H,23,26). The second kappa shape index (κ2) is 8.40. The molecule has 1 unspecified atom stereocenters. The van der Waals surface area contributed by atoms with Crippen molar-refractivity contribution in [3.05, 3.63) is 42.5 Å². The fourth-order valence-electron chi connectivity index (χ4n) is 3.39. The summed E-state index contributed by atoms with van der Waals surface area (Å²) in [6, 6.07) is 12.5. The quantitative estimate of drug-likeness (QED) is 0.770. The molecule has 3 N–H and O–H groups in total. The highest BCUT2D eigenvalue weighted by Crippen LogP contribution is 2.36. The molecule has 29 heavy (non-hydrogen) atoms. The lowest BCUT2D eigenvalue weighted by Gasteiger charge is -2.22. The van der Waals surface area contributed by atoms with Crippen molar-refractivity contribution in [2.24, 2.45) is 11.7 Å². The largest absolute Gasteiger partial charge is 0.492 e. The molecule has 2 aromatic rings. The third-order valence-electron chi connectivity index (χ3n) is 4.84. The fraction of sp³-hybridized carbons (Fsp3) is 0.333. The van der Waals surface area contributed by atoms with Crippen LogP contribution in [0.5, 0.6) is 17.2 Å². The van der Waals surface area contributed by atoms with Gasteiger partial charge in [-0.3, -0.25) is 9.59 Å². The van der Waals surface area contributed by atoms with Crippen molar-refractivity contribution in [3.63, 3.8) is 0 Å². The van der Waals surface area contributed by atoms with E-state index < -0.39 is 5.92 Å². The molecule has 0 spiro atoms. The molecule has 2 aromatic carbocycles. The molecule has 1 fully saturated rings. The molecule has 0 radical (unpaired) electrons. The van der Waals surface area contributed by atoms with Crippen molar-refractivity contribution in [2.45, 2.75) is 6.42 Å². The van der Waals surface area contributed by atoms with Crippen molar-refractivity contribution in [3.8, 4) is 17.2 Å². The zero-order valence-electron chi connectivity index (χ0n) is 15.9. The number of carbonyl (C=O) groups is 2. The van der Waals surface area contributed by atoms with Crippen molar-refractivity contribution >= 4 is 23.2 Å². The van der Waals surface area contributed by atoms with E-state index >= 15 is 0 Å². The predicted molar refractivity (Wildman–Crippen MR) is 108 cm³/mol. The Morgan fingerprint density at radius 2 is 1.90 bits per heavy atom. The highest BCUT2D eigenvalue weighted by molar-refractivity contribution is 6.03. The maximum absolute atomic E-state index is 12.6. The van der Waals surface area contributed by atoms with Gasteiger partial charge in [-0.05, 0) is 36.4 Å². The third-order valence-corrected chi connectivity index (χ3v) is 4.84. The fourth-order valence-corrected chi connectivity index (χ4v) is 3.39. The number of nitrogens with two attached hydrogens (primary N) is 1. The maximum atomic E-state index is 12.6. The third kappa shape index (κ3) is 4.27. The van der Waals surface area contributed by atoms with Crippen LogP contribution in [-0.4, -0.2) is 44.7 Å². The van der Waals surface area contributed by atoms with Crippen molar-refractivity contribution in [2.75, 3.05) is 43.1 Å². The van der Waals surface area contributed by atoms with Gasteiger partial charge in [-0.25, -0.2) is 0 Å². The average molecular weight is 397 g/mol. The van der Waals surface area contributed by atoms with E-state index in [9.17, 15) is 9.59 Å².